The topological polar surface area (TPSA) is 98.1 Å². The fraction of sp³-hybridized carbons (Fsp3) is 0.286. The fourth-order valence-electron chi connectivity index (χ4n) is 3.54. The van der Waals surface area contributed by atoms with Crippen molar-refractivity contribution in [2.75, 3.05) is 17.3 Å². The highest BCUT2D eigenvalue weighted by Crippen LogP contribution is 2.23. The second-order valence-electron chi connectivity index (χ2n) is 7.29. The van der Waals surface area contributed by atoms with Crippen LogP contribution in [0.3, 0.4) is 0 Å². The molecule has 1 atom stereocenters. The highest BCUT2D eigenvalue weighted by atomic mass is 32.2. The highest BCUT2D eigenvalue weighted by Gasteiger charge is 2.29. The molecule has 1 aliphatic rings. The van der Waals surface area contributed by atoms with Crippen LogP contribution in [0.5, 0.6) is 0 Å². The summed E-state index contributed by atoms with van der Waals surface area (Å²) in [7, 11) is -3.06. The number of nitrogens with zero attached hydrogens (tertiary/aromatic N) is 2. The van der Waals surface area contributed by atoms with E-state index < -0.39 is 9.84 Å². The van der Waals surface area contributed by atoms with Crippen molar-refractivity contribution in [1.29, 1.82) is 0 Å². The zero-order valence-corrected chi connectivity index (χ0v) is 18.0. The van der Waals surface area contributed by atoms with E-state index in [2.05, 4.69) is 10.3 Å². The van der Waals surface area contributed by atoms with E-state index in [-0.39, 0.29) is 34.8 Å². The number of hydrogen-bond donors (Lipinski definition) is 1. The Morgan fingerprint density at radius 3 is 2.67 bits per heavy atom. The summed E-state index contributed by atoms with van der Waals surface area (Å²) in [5, 5.41) is 3.70. The average molecular weight is 444 g/mol. The average Bonchev–Trinajstić information content (AvgIpc) is 3.05. The summed E-state index contributed by atoms with van der Waals surface area (Å²) >= 11 is 1.16. The first-order valence-corrected chi connectivity index (χ1v) is 12.4. The fourth-order valence-corrected chi connectivity index (χ4v) is 6.03. The van der Waals surface area contributed by atoms with Gasteiger partial charge in [-0.25, -0.2) is 13.4 Å². The SMILES string of the molecule is Cc1ccccc1-n1c(SCC(=O)N[C@@H]2CCS(=O)(=O)C2)nc2ccccc2c1=O. The first-order valence-electron chi connectivity index (χ1n) is 9.54. The predicted octanol–water partition coefficient (Wildman–Crippen LogP) is 2.09. The maximum Gasteiger partial charge on any atom is 0.266 e. The molecule has 2 aromatic carbocycles. The number of amides is 1. The number of aromatic nitrogens is 2. The number of para-hydroxylation sites is 2. The lowest BCUT2D eigenvalue weighted by Gasteiger charge is -2.15. The normalized spacial score (nSPS) is 17.8. The molecule has 1 fully saturated rings. The molecule has 0 radical (unpaired) electrons. The Bertz CT molecular complexity index is 1280. The van der Waals surface area contributed by atoms with Gasteiger partial charge in [0, 0.05) is 6.04 Å². The van der Waals surface area contributed by atoms with Gasteiger partial charge in [0.25, 0.3) is 5.56 Å². The minimum Gasteiger partial charge on any atom is -0.352 e. The van der Waals surface area contributed by atoms with Crippen molar-refractivity contribution in [1.82, 2.24) is 14.9 Å². The molecule has 1 amide bonds. The smallest absolute Gasteiger partial charge is 0.266 e. The number of benzene rings is 2. The molecular formula is C21H21N3O4S2. The van der Waals surface area contributed by atoms with Crippen LogP contribution in [-0.4, -0.2) is 47.2 Å². The molecule has 0 unspecified atom stereocenters. The van der Waals surface area contributed by atoms with Crippen molar-refractivity contribution in [2.45, 2.75) is 24.5 Å². The third-order valence-corrected chi connectivity index (χ3v) is 7.74. The number of thioether (sulfide) groups is 1. The number of sulfone groups is 1. The van der Waals surface area contributed by atoms with Gasteiger partial charge in [-0.2, -0.15) is 0 Å². The maximum absolute atomic E-state index is 13.2. The van der Waals surface area contributed by atoms with Crippen molar-refractivity contribution >= 4 is 38.4 Å². The van der Waals surface area contributed by atoms with E-state index in [9.17, 15) is 18.0 Å². The molecule has 0 saturated carbocycles. The Morgan fingerprint density at radius 2 is 1.93 bits per heavy atom. The van der Waals surface area contributed by atoms with Gasteiger partial charge in [0.15, 0.2) is 15.0 Å². The third-order valence-electron chi connectivity index (χ3n) is 5.03. The lowest BCUT2D eigenvalue weighted by atomic mass is 10.2. The van der Waals surface area contributed by atoms with Gasteiger partial charge in [0.2, 0.25) is 5.91 Å². The van der Waals surface area contributed by atoms with E-state index in [0.29, 0.717) is 28.2 Å². The Labute approximate surface area is 178 Å². The molecule has 1 N–H and O–H groups in total. The summed E-state index contributed by atoms with van der Waals surface area (Å²) in [6.07, 6.45) is 0.431. The lowest BCUT2D eigenvalue weighted by Crippen LogP contribution is -2.36. The van der Waals surface area contributed by atoms with Gasteiger partial charge in [-0.1, -0.05) is 42.1 Å². The van der Waals surface area contributed by atoms with Gasteiger partial charge in [-0.05, 0) is 37.1 Å². The van der Waals surface area contributed by atoms with Crippen molar-refractivity contribution < 1.29 is 13.2 Å². The van der Waals surface area contributed by atoms with Crippen molar-refractivity contribution in [3.05, 3.63) is 64.4 Å². The molecule has 3 aromatic rings. The Balaban J connectivity index is 1.64. The zero-order chi connectivity index (χ0) is 21.3. The van der Waals surface area contributed by atoms with E-state index in [1.165, 1.54) is 4.57 Å². The molecule has 0 aliphatic carbocycles. The van der Waals surface area contributed by atoms with Crippen LogP contribution in [0.25, 0.3) is 16.6 Å². The van der Waals surface area contributed by atoms with E-state index in [4.69, 9.17) is 0 Å². The molecule has 0 bridgehead atoms. The number of aryl methyl sites for hydroxylation is 1. The highest BCUT2D eigenvalue weighted by molar-refractivity contribution is 7.99. The van der Waals surface area contributed by atoms with Crippen LogP contribution >= 0.6 is 11.8 Å². The standard InChI is InChI=1S/C21H21N3O4S2/c1-14-6-2-5-9-18(14)24-20(26)16-7-3-4-8-17(16)23-21(24)29-12-19(25)22-15-10-11-30(27,28)13-15/h2-9,15H,10-13H2,1H3,(H,22,25)/t15-/m1/s1. The zero-order valence-electron chi connectivity index (χ0n) is 16.4. The summed E-state index contributed by atoms with van der Waals surface area (Å²) in [4.78, 5) is 30.3. The molecular weight excluding hydrogens is 422 g/mol. The van der Waals surface area contributed by atoms with Gasteiger partial charge < -0.3 is 5.32 Å². The van der Waals surface area contributed by atoms with E-state index >= 15 is 0 Å². The van der Waals surface area contributed by atoms with Gasteiger partial charge >= 0.3 is 0 Å². The summed E-state index contributed by atoms with van der Waals surface area (Å²) in [5.74, 6) is -0.163. The van der Waals surface area contributed by atoms with Crippen LogP contribution in [0.4, 0.5) is 0 Å². The molecule has 9 heteroatoms. The molecule has 0 spiro atoms. The van der Waals surface area contributed by atoms with Gasteiger partial charge in [-0.15, -0.1) is 0 Å². The first-order chi connectivity index (χ1) is 14.3. The van der Waals surface area contributed by atoms with E-state index in [0.717, 1.165) is 17.3 Å². The van der Waals surface area contributed by atoms with Crippen molar-refractivity contribution in [3.8, 4) is 5.69 Å². The number of rotatable bonds is 5. The molecule has 1 aliphatic heterocycles. The summed E-state index contributed by atoms with van der Waals surface area (Å²) in [5.41, 5.74) is 2.00. The monoisotopic (exact) mass is 443 g/mol. The van der Waals surface area contributed by atoms with Crippen LogP contribution in [0.2, 0.25) is 0 Å². The lowest BCUT2D eigenvalue weighted by molar-refractivity contribution is -0.119. The molecule has 1 aromatic heterocycles. The number of hydrogen-bond acceptors (Lipinski definition) is 6. The second kappa shape index (κ2) is 8.23. The maximum atomic E-state index is 13.2. The Kier molecular flexibility index (Phi) is 5.66. The van der Waals surface area contributed by atoms with Crippen LogP contribution < -0.4 is 10.9 Å². The summed E-state index contributed by atoms with van der Waals surface area (Å²) in [6, 6.07) is 14.3. The minimum atomic E-state index is -3.06. The van der Waals surface area contributed by atoms with Crippen molar-refractivity contribution in [2.24, 2.45) is 0 Å². The summed E-state index contributed by atoms with van der Waals surface area (Å²) < 4.78 is 24.7. The minimum absolute atomic E-state index is 0.0223. The Hall–Kier alpha value is -2.65. The van der Waals surface area contributed by atoms with Crippen molar-refractivity contribution in [3.63, 3.8) is 0 Å². The van der Waals surface area contributed by atoms with E-state index in [1.54, 1.807) is 18.2 Å². The third kappa shape index (κ3) is 4.27. The molecule has 2 heterocycles. The first kappa shape index (κ1) is 20.6. The van der Waals surface area contributed by atoms with Crippen LogP contribution in [-0.2, 0) is 14.6 Å². The van der Waals surface area contributed by atoms with E-state index in [1.807, 2.05) is 37.3 Å². The number of carbonyl (C=O) groups excluding carboxylic acids is 1. The van der Waals surface area contributed by atoms with Gasteiger partial charge in [0.05, 0.1) is 33.8 Å². The molecule has 1 saturated heterocycles. The molecule has 4 rings (SSSR count). The van der Waals surface area contributed by atoms with Crippen LogP contribution in [0, 0.1) is 6.92 Å². The van der Waals surface area contributed by atoms with Crippen LogP contribution in [0.1, 0.15) is 12.0 Å². The number of carbonyl (C=O) groups is 1. The van der Waals surface area contributed by atoms with Gasteiger partial charge in [-0.3, -0.25) is 14.2 Å². The van der Waals surface area contributed by atoms with Crippen LogP contribution in [0.15, 0.2) is 58.5 Å². The molecule has 156 valence electrons. The molecule has 7 nitrogen and oxygen atoms in total. The number of fused-ring (bicyclic) bond motifs is 1. The second-order valence-corrected chi connectivity index (χ2v) is 10.5. The summed E-state index contributed by atoms with van der Waals surface area (Å²) in [6.45, 7) is 1.92. The quantitative estimate of drug-likeness (QED) is 0.479. The largest absolute Gasteiger partial charge is 0.352 e. The van der Waals surface area contributed by atoms with Gasteiger partial charge in [0.1, 0.15) is 0 Å². The Morgan fingerprint density at radius 1 is 1.20 bits per heavy atom. The molecule has 30 heavy (non-hydrogen) atoms. The predicted molar refractivity (Wildman–Crippen MR) is 118 cm³/mol. The number of nitrogens with one attached hydrogen (secondary N) is 1.